The number of morpholine rings is 1. The smallest absolute Gasteiger partial charge is 0.317 e. The number of carbonyl (C=O) groups is 1. The molecule has 0 radical (unpaired) electrons. The fraction of sp³-hybridized carbons (Fsp3) is 0.632. The van der Waals surface area contributed by atoms with Crippen LogP contribution in [-0.2, 0) is 16.1 Å². The predicted octanol–water partition coefficient (Wildman–Crippen LogP) is 2.16. The van der Waals surface area contributed by atoms with Crippen molar-refractivity contribution in [2.75, 3.05) is 57.8 Å². The third-order valence-electron chi connectivity index (χ3n) is 5.07. The zero-order valence-electron chi connectivity index (χ0n) is 15.4. The van der Waals surface area contributed by atoms with Crippen LogP contribution in [0.2, 0.25) is 5.02 Å². The molecule has 1 N–H and O–H groups in total. The molecule has 0 amide bonds. The van der Waals surface area contributed by atoms with Gasteiger partial charge in [-0.1, -0.05) is 17.7 Å². The largest absolute Gasteiger partial charge is 0.480 e. The van der Waals surface area contributed by atoms with E-state index < -0.39 is 5.97 Å². The van der Waals surface area contributed by atoms with Crippen molar-refractivity contribution in [1.82, 2.24) is 9.80 Å². The van der Waals surface area contributed by atoms with Gasteiger partial charge in [-0.25, -0.2) is 0 Å². The first-order valence-electron chi connectivity index (χ1n) is 9.29. The monoisotopic (exact) mass is 381 g/mol. The molecule has 1 aromatic rings. The van der Waals surface area contributed by atoms with Gasteiger partial charge in [0.1, 0.15) is 0 Å². The highest BCUT2D eigenvalue weighted by Crippen LogP contribution is 2.31. The summed E-state index contributed by atoms with van der Waals surface area (Å²) in [6.07, 6.45) is 2.49. The summed E-state index contributed by atoms with van der Waals surface area (Å²) in [4.78, 5) is 17.4. The summed E-state index contributed by atoms with van der Waals surface area (Å²) in [6.45, 7) is 5.95. The SMILES string of the molecule is CN(CC(=O)O)CC1CN(Cc2c(Cl)cccc2N2CCCC2)CCO1. The van der Waals surface area contributed by atoms with Crippen molar-refractivity contribution in [2.24, 2.45) is 0 Å². The second kappa shape index (κ2) is 9.04. The molecule has 0 aliphatic carbocycles. The van der Waals surface area contributed by atoms with Gasteiger partial charge in [-0.05, 0) is 32.0 Å². The predicted molar refractivity (Wildman–Crippen MR) is 103 cm³/mol. The Labute approximate surface area is 160 Å². The number of ether oxygens (including phenoxy) is 1. The molecule has 7 heteroatoms. The molecule has 2 fully saturated rings. The van der Waals surface area contributed by atoms with Gasteiger partial charge in [0.05, 0.1) is 19.3 Å². The third kappa shape index (κ3) is 5.10. The van der Waals surface area contributed by atoms with E-state index >= 15 is 0 Å². The van der Waals surface area contributed by atoms with Crippen LogP contribution in [0.1, 0.15) is 18.4 Å². The minimum absolute atomic E-state index is 0.0193. The van der Waals surface area contributed by atoms with E-state index in [2.05, 4.69) is 15.9 Å². The summed E-state index contributed by atoms with van der Waals surface area (Å²) in [5.41, 5.74) is 2.44. The number of carboxylic acids is 1. The summed E-state index contributed by atoms with van der Waals surface area (Å²) >= 11 is 6.55. The molecule has 0 saturated carbocycles. The number of carboxylic acid groups (broad SMARTS) is 1. The lowest BCUT2D eigenvalue weighted by Crippen LogP contribution is -2.47. The van der Waals surface area contributed by atoms with E-state index in [1.165, 1.54) is 24.1 Å². The van der Waals surface area contributed by atoms with E-state index in [1.54, 1.807) is 4.90 Å². The number of halogens is 1. The first kappa shape index (κ1) is 19.4. The van der Waals surface area contributed by atoms with Crippen LogP contribution in [0.25, 0.3) is 0 Å². The van der Waals surface area contributed by atoms with Crippen molar-refractivity contribution in [3.8, 4) is 0 Å². The maximum absolute atomic E-state index is 10.8. The summed E-state index contributed by atoms with van der Waals surface area (Å²) in [5, 5.41) is 9.73. The average Bonchev–Trinajstić information content (AvgIpc) is 3.10. The number of aliphatic carboxylic acids is 1. The van der Waals surface area contributed by atoms with Gasteiger partial charge in [-0.3, -0.25) is 14.6 Å². The molecule has 2 aliphatic rings. The second-order valence-electron chi connectivity index (χ2n) is 7.25. The van der Waals surface area contributed by atoms with E-state index in [0.29, 0.717) is 13.2 Å². The summed E-state index contributed by atoms with van der Waals surface area (Å²) < 4.78 is 5.84. The Kier molecular flexibility index (Phi) is 6.75. The first-order valence-corrected chi connectivity index (χ1v) is 9.67. The minimum Gasteiger partial charge on any atom is -0.480 e. The molecule has 6 nitrogen and oxygen atoms in total. The van der Waals surface area contributed by atoms with Gasteiger partial charge in [-0.2, -0.15) is 0 Å². The average molecular weight is 382 g/mol. The highest BCUT2D eigenvalue weighted by Gasteiger charge is 2.25. The topological polar surface area (TPSA) is 56.3 Å². The Morgan fingerprint density at radius 1 is 1.35 bits per heavy atom. The van der Waals surface area contributed by atoms with Crippen molar-refractivity contribution < 1.29 is 14.6 Å². The Hall–Kier alpha value is -1.34. The van der Waals surface area contributed by atoms with Gasteiger partial charge >= 0.3 is 5.97 Å². The molecule has 2 saturated heterocycles. The number of nitrogens with zero attached hydrogens (tertiary/aromatic N) is 3. The van der Waals surface area contributed by atoms with Gasteiger partial charge in [0.2, 0.25) is 0 Å². The van der Waals surface area contributed by atoms with Crippen LogP contribution >= 0.6 is 11.6 Å². The van der Waals surface area contributed by atoms with Crippen molar-refractivity contribution in [1.29, 1.82) is 0 Å². The van der Waals surface area contributed by atoms with E-state index in [4.69, 9.17) is 21.4 Å². The summed E-state index contributed by atoms with van der Waals surface area (Å²) in [6, 6.07) is 6.17. The van der Waals surface area contributed by atoms with Gasteiger partial charge < -0.3 is 14.7 Å². The highest BCUT2D eigenvalue weighted by atomic mass is 35.5. The van der Waals surface area contributed by atoms with Crippen LogP contribution in [0.3, 0.4) is 0 Å². The van der Waals surface area contributed by atoms with Crippen LogP contribution in [-0.4, -0.2) is 79.9 Å². The maximum atomic E-state index is 10.8. The molecule has 1 unspecified atom stereocenters. The number of anilines is 1. The van der Waals surface area contributed by atoms with Crippen molar-refractivity contribution in [3.05, 3.63) is 28.8 Å². The van der Waals surface area contributed by atoms with Crippen LogP contribution in [0.15, 0.2) is 18.2 Å². The molecule has 1 aromatic carbocycles. The van der Waals surface area contributed by atoms with E-state index in [9.17, 15) is 4.79 Å². The molecule has 3 rings (SSSR count). The quantitative estimate of drug-likeness (QED) is 0.781. The second-order valence-corrected chi connectivity index (χ2v) is 7.66. The molecule has 2 aliphatic heterocycles. The van der Waals surface area contributed by atoms with Gasteiger partial charge in [0, 0.05) is 55.5 Å². The van der Waals surface area contributed by atoms with Gasteiger partial charge in [-0.15, -0.1) is 0 Å². The van der Waals surface area contributed by atoms with Gasteiger partial charge in [0.25, 0.3) is 0 Å². The molecule has 2 heterocycles. The fourth-order valence-corrected chi connectivity index (χ4v) is 4.09. The number of rotatable bonds is 7. The summed E-state index contributed by atoms with van der Waals surface area (Å²) in [5.74, 6) is -0.813. The summed E-state index contributed by atoms with van der Waals surface area (Å²) in [7, 11) is 1.82. The van der Waals surface area contributed by atoms with Crippen LogP contribution in [0.5, 0.6) is 0 Å². The zero-order valence-corrected chi connectivity index (χ0v) is 16.1. The number of benzene rings is 1. The fourth-order valence-electron chi connectivity index (χ4n) is 3.86. The Bertz CT molecular complexity index is 622. The Morgan fingerprint density at radius 3 is 2.85 bits per heavy atom. The van der Waals surface area contributed by atoms with Gasteiger partial charge in [0.15, 0.2) is 0 Å². The number of likely N-dealkylation sites (N-methyl/N-ethyl adjacent to an activating group) is 1. The van der Waals surface area contributed by atoms with Crippen LogP contribution < -0.4 is 4.90 Å². The van der Waals surface area contributed by atoms with E-state index in [0.717, 1.165) is 37.7 Å². The van der Waals surface area contributed by atoms with Crippen molar-refractivity contribution >= 4 is 23.3 Å². The molecule has 1 atom stereocenters. The molecular formula is C19H28ClN3O3. The third-order valence-corrected chi connectivity index (χ3v) is 5.42. The lowest BCUT2D eigenvalue weighted by molar-refractivity contribution is -0.138. The Morgan fingerprint density at radius 2 is 2.12 bits per heavy atom. The Balaban J connectivity index is 1.64. The first-order chi connectivity index (χ1) is 12.5. The number of hydrogen-bond acceptors (Lipinski definition) is 5. The number of hydrogen-bond donors (Lipinski definition) is 1. The lowest BCUT2D eigenvalue weighted by Gasteiger charge is -2.35. The molecular weight excluding hydrogens is 354 g/mol. The van der Waals surface area contributed by atoms with Crippen molar-refractivity contribution in [3.63, 3.8) is 0 Å². The molecule has 144 valence electrons. The van der Waals surface area contributed by atoms with E-state index in [-0.39, 0.29) is 12.6 Å². The zero-order chi connectivity index (χ0) is 18.5. The lowest BCUT2D eigenvalue weighted by atomic mass is 10.1. The molecule has 0 aromatic heterocycles. The van der Waals surface area contributed by atoms with Crippen molar-refractivity contribution in [2.45, 2.75) is 25.5 Å². The maximum Gasteiger partial charge on any atom is 0.317 e. The molecule has 0 spiro atoms. The minimum atomic E-state index is -0.813. The molecule has 26 heavy (non-hydrogen) atoms. The standard InChI is InChI=1S/C19H28ClN3O3/c1-21(14-19(24)25)11-15-12-22(9-10-26-15)13-16-17(20)5-4-6-18(16)23-7-2-3-8-23/h4-6,15H,2-3,7-14H2,1H3,(H,24,25). The normalized spacial score (nSPS) is 21.5. The molecule has 0 bridgehead atoms. The highest BCUT2D eigenvalue weighted by molar-refractivity contribution is 6.31. The van der Waals surface area contributed by atoms with E-state index in [1.807, 2.05) is 19.2 Å². The van der Waals surface area contributed by atoms with Crippen LogP contribution in [0.4, 0.5) is 5.69 Å². The van der Waals surface area contributed by atoms with Crippen LogP contribution in [0, 0.1) is 0 Å².